The maximum atomic E-state index is 12.1. The number of anilines is 1. The molecule has 2 aromatic rings. The Morgan fingerprint density at radius 3 is 2.71 bits per heavy atom. The zero-order chi connectivity index (χ0) is 15.1. The Hall–Kier alpha value is -2.35. The monoisotopic (exact) mass is 350 g/mol. The highest BCUT2D eigenvalue weighted by Crippen LogP contribution is 2.29. The van der Waals surface area contributed by atoms with E-state index in [1.165, 1.54) is 11.6 Å². The molecular weight excluding hydrogens is 340 g/mol. The number of rotatable bonds is 1. The average Bonchev–Trinajstić information content (AvgIpc) is 2.44. The number of urea groups is 1. The molecule has 3 N–H and O–H groups in total. The molecule has 2 heterocycles. The summed E-state index contributed by atoms with van der Waals surface area (Å²) in [5.74, 6) is 0.206. The second kappa shape index (κ2) is 4.88. The molecule has 1 aliphatic heterocycles. The van der Waals surface area contributed by atoms with Crippen LogP contribution in [0, 0.1) is 0 Å². The van der Waals surface area contributed by atoms with E-state index in [-0.39, 0.29) is 5.82 Å². The lowest BCUT2D eigenvalue weighted by Gasteiger charge is -2.27. The van der Waals surface area contributed by atoms with Gasteiger partial charge in [0.2, 0.25) is 0 Å². The minimum absolute atomic E-state index is 0.206. The van der Waals surface area contributed by atoms with Crippen LogP contribution in [0.25, 0.3) is 0 Å². The first kappa shape index (κ1) is 13.6. The topological polar surface area (TPSA) is 96.0 Å². The normalized spacial score (nSPS) is 16.9. The molecule has 0 bridgehead atoms. The average molecular weight is 351 g/mol. The number of nitrogens with one attached hydrogen (secondary N) is 3. The standard InChI is InChI=1S/C13H11BrN4O3/c1-18-10-8(11(19)17-13(18)21)9(15-12(20)16-10)6-3-2-4-7(14)5-6/h2-5,9H,1H3,(H2,15,16,20)(H,17,19,21). The number of aromatic amines is 1. The number of halogens is 1. The number of hydrogen-bond donors (Lipinski definition) is 3. The van der Waals surface area contributed by atoms with Gasteiger partial charge in [0.05, 0.1) is 11.6 Å². The van der Waals surface area contributed by atoms with E-state index in [9.17, 15) is 14.4 Å². The number of fused-ring (bicyclic) bond motifs is 1. The predicted octanol–water partition coefficient (Wildman–Crippen LogP) is 1.06. The summed E-state index contributed by atoms with van der Waals surface area (Å²) in [5, 5.41) is 5.20. The first-order chi connectivity index (χ1) is 9.97. The predicted molar refractivity (Wildman–Crippen MR) is 80.4 cm³/mol. The molecule has 7 nitrogen and oxygen atoms in total. The molecule has 8 heteroatoms. The maximum Gasteiger partial charge on any atom is 0.329 e. The molecule has 1 aliphatic rings. The van der Waals surface area contributed by atoms with Gasteiger partial charge in [-0.15, -0.1) is 0 Å². The van der Waals surface area contributed by atoms with Crippen LogP contribution in [0.2, 0.25) is 0 Å². The van der Waals surface area contributed by atoms with Gasteiger partial charge in [0.15, 0.2) is 0 Å². The van der Waals surface area contributed by atoms with Crippen molar-refractivity contribution in [3.8, 4) is 0 Å². The molecule has 108 valence electrons. The van der Waals surface area contributed by atoms with Crippen molar-refractivity contribution in [1.29, 1.82) is 0 Å². The van der Waals surface area contributed by atoms with Crippen molar-refractivity contribution < 1.29 is 4.79 Å². The third-order valence-electron chi connectivity index (χ3n) is 3.34. The Kier molecular flexibility index (Phi) is 3.17. The lowest BCUT2D eigenvalue weighted by atomic mass is 9.99. The van der Waals surface area contributed by atoms with E-state index in [4.69, 9.17) is 0 Å². The van der Waals surface area contributed by atoms with Gasteiger partial charge in [-0.05, 0) is 17.7 Å². The van der Waals surface area contributed by atoms with Gasteiger partial charge in [-0.2, -0.15) is 0 Å². The van der Waals surface area contributed by atoms with Gasteiger partial charge in [0, 0.05) is 11.5 Å². The van der Waals surface area contributed by atoms with Crippen molar-refractivity contribution in [2.45, 2.75) is 6.04 Å². The van der Waals surface area contributed by atoms with Gasteiger partial charge >= 0.3 is 11.7 Å². The van der Waals surface area contributed by atoms with Crippen molar-refractivity contribution >= 4 is 27.8 Å². The molecule has 0 radical (unpaired) electrons. The molecule has 1 unspecified atom stereocenters. The highest BCUT2D eigenvalue weighted by Gasteiger charge is 2.30. The van der Waals surface area contributed by atoms with Crippen LogP contribution >= 0.6 is 15.9 Å². The number of aromatic nitrogens is 2. The molecule has 3 rings (SSSR count). The second-order valence-electron chi connectivity index (χ2n) is 4.67. The van der Waals surface area contributed by atoms with E-state index in [2.05, 4.69) is 31.5 Å². The Labute approximate surface area is 127 Å². The van der Waals surface area contributed by atoms with Crippen molar-refractivity contribution in [1.82, 2.24) is 14.9 Å². The lowest BCUT2D eigenvalue weighted by Crippen LogP contribution is -2.46. The van der Waals surface area contributed by atoms with Gasteiger partial charge in [-0.3, -0.25) is 19.7 Å². The van der Waals surface area contributed by atoms with Crippen molar-refractivity contribution in [2.24, 2.45) is 7.05 Å². The Morgan fingerprint density at radius 2 is 2.00 bits per heavy atom. The summed E-state index contributed by atoms with van der Waals surface area (Å²) in [5.41, 5.74) is -0.0565. The van der Waals surface area contributed by atoms with E-state index in [1.807, 2.05) is 18.2 Å². The van der Waals surface area contributed by atoms with Crippen LogP contribution in [-0.2, 0) is 7.05 Å². The molecule has 21 heavy (non-hydrogen) atoms. The Bertz CT molecular complexity index is 855. The van der Waals surface area contributed by atoms with Crippen LogP contribution in [0.5, 0.6) is 0 Å². The van der Waals surface area contributed by atoms with Crippen molar-refractivity contribution in [2.75, 3.05) is 5.32 Å². The summed E-state index contributed by atoms with van der Waals surface area (Å²) < 4.78 is 2.04. The number of hydrogen-bond acceptors (Lipinski definition) is 3. The summed E-state index contributed by atoms with van der Waals surface area (Å²) in [6.45, 7) is 0. The fraction of sp³-hybridized carbons (Fsp3) is 0.154. The first-order valence-corrected chi connectivity index (χ1v) is 6.93. The fourth-order valence-corrected chi connectivity index (χ4v) is 2.76. The molecule has 1 aromatic carbocycles. The molecule has 0 saturated carbocycles. The van der Waals surface area contributed by atoms with E-state index in [0.29, 0.717) is 5.56 Å². The third kappa shape index (κ3) is 2.27. The van der Waals surface area contributed by atoms with Gasteiger partial charge in [-0.1, -0.05) is 28.1 Å². The zero-order valence-corrected chi connectivity index (χ0v) is 12.5. The molecule has 0 fully saturated rings. The minimum atomic E-state index is -0.623. The summed E-state index contributed by atoms with van der Waals surface area (Å²) >= 11 is 3.36. The smallest absolute Gasteiger partial charge is 0.327 e. The summed E-state index contributed by atoms with van der Waals surface area (Å²) in [6.07, 6.45) is 0. The van der Waals surface area contributed by atoms with E-state index < -0.39 is 23.3 Å². The Balaban J connectivity index is 2.28. The molecule has 0 spiro atoms. The fourth-order valence-electron chi connectivity index (χ4n) is 2.34. The summed E-state index contributed by atoms with van der Waals surface area (Å²) in [7, 11) is 1.49. The highest BCUT2D eigenvalue weighted by atomic mass is 79.9. The van der Waals surface area contributed by atoms with Crippen LogP contribution in [0.4, 0.5) is 10.6 Å². The molecule has 0 saturated heterocycles. The van der Waals surface area contributed by atoms with Crippen LogP contribution in [-0.4, -0.2) is 15.6 Å². The Morgan fingerprint density at radius 1 is 1.24 bits per heavy atom. The maximum absolute atomic E-state index is 12.1. The van der Waals surface area contributed by atoms with Crippen LogP contribution in [0.15, 0.2) is 38.3 Å². The number of carbonyl (C=O) groups excluding carboxylic acids is 1. The highest BCUT2D eigenvalue weighted by molar-refractivity contribution is 9.10. The zero-order valence-electron chi connectivity index (χ0n) is 10.9. The molecule has 0 aliphatic carbocycles. The van der Waals surface area contributed by atoms with Crippen molar-refractivity contribution in [3.63, 3.8) is 0 Å². The van der Waals surface area contributed by atoms with Gasteiger partial charge < -0.3 is 5.32 Å². The lowest BCUT2D eigenvalue weighted by molar-refractivity contribution is 0.248. The third-order valence-corrected chi connectivity index (χ3v) is 3.83. The van der Waals surface area contributed by atoms with Gasteiger partial charge in [-0.25, -0.2) is 9.59 Å². The van der Waals surface area contributed by atoms with E-state index >= 15 is 0 Å². The first-order valence-electron chi connectivity index (χ1n) is 6.13. The van der Waals surface area contributed by atoms with E-state index in [1.54, 1.807) is 6.07 Å². The number of carbonyl (C=O) groups is 1. The van der Waals surface area contributed by atoms with Crippen LogP contribution in [0.3, 0.4) is 0 Å². The van der Waals surface area contributed by atoms with Crippen molar-refractivity contribution in [3.05, 3.63) is 60.7 Å². The number of amides is 2. The second-order valence-corrected chi connectivity index (χ2v) is 5.58. The molecule has 2 amide bonds. The number of benzene rings is 1. The molecule has 1 atom stereocenters. The van der Waals surface area contributed by atoms with Gasteiger partial charge in [0.1, 0.15) is 5.82 Å². The minimum Gasteiger partial charge on any atom is -0.327 e. The quantitative estimate of drug-likeness (QED) is 0.717. The number of H-pyrrole nitrogens is 1. The van der Waals surface area contributed by atoms with Gasteiger partial charge in [0.25, 0.3) is 5.56 Å². The summed E-state index contributed by atoms with van der Waals surface area (Å²) in [4.78, 5) is 37.8. The molecular formula is C13H11BrN4O3. The largest absolute Gasteiger partial charge is 0.329 e. The van der Waals surface area contributed by atoms with Crippen LogP contribution < -0.4 is 21.9 Å². The van der Waals surface area contributed by atoms with Crippen LogP contribution in [0.1, 0.15) is 17.2 Å². The number of nitrogens with zero attached hydrogens (tertiary/aromatic N) is 1. The SMILES string of the molecule is Cn1c2c(c(=O)[nH]c1=O)C(c1cccc(Br)c1)NC(=O)N2. The molecule has 1 aromatic heterocycles. The summed E-state index contributed by atoms with van der Waals surface area (Å²) in [6, 6.07) is 6.18. The van der Waals surface area contributed by atoms with E-state index in [0.717, 1.165) is 10.0 Å².